The van der Waals surface area contributed by atoms with Gasteiger partial charge in [0, 0.05) is 6.54 Å². The minimum atomic E-state index is -3.35. The number of carbonyl (C=O) groups is 1. The number of hydrogen-bond acceptors (Lipinski definition) is 4. The van der Waals surface area contributed by atoms with E-state index in [1.165, 1.54) is 0 Å². The van der Waals surface area contributed by atoms with E-state index in [4.69, 9.17) is 10.8 Å². The zero-order valence-corrected chi connectivity index (χ0v) is 12.0. The van der Waals surface area contributed by atoms with Crippen LogP contribution < -0.4 is 10.5 Å². The molecule has 0 saturated carbocycles. The van der Waals surface area contributed by atoms with Gasteiger partial charge in [-0.05, 0) is 18.4 Å². The quantitative estimate of drug-likeness (QED) is 0.581. The number of unbranched alkanes of at least 4 members (excludes halogenated alkanes) is 1. The highest BCUT2D eigenvalue weighted by atomic mass is 32.2. The van der Waals surface area contributed by atoms with Crippen LogP contribution in [0, 0.1) is 0 Å². The summed E-state index contributed by atoms with van der Waals surface area (Å²) in [6, 6.07) is 8.04. The molecule has 0 radical (unpaired) electrons. The van der Waals surface area contributed by atoms with Gasteiger partial charge < -0.3 is 10.8 Å². The fraction of sp³-hybridized carbons (Fsp3) is 0.462. The first-order chi connectivity index (χ1) is 9.41. The highest BCUT2D eigenvalue weighted by molar-refractivity contribution is 7.88. The number of nitrogens with two attached hydrogens (primary N) is 1. The van der Waals surface area contributed by atoms with Crippen LogP contribution >= 0.6 is 0 Å². The van der Waals surface area contributed by atoms with Crippen molar-refractivity contribution in [2.24, 2.45) is 5.73 Å². The Hall–Kier alpha value is -1.44. The van der Waals surface area contributed by atoms with Crippen molar-refractivity contribution < 1.29 is 18.3 Å². The van der Waals surface area contributed by atoms with Gasteiger partial charge in [-0.25, -0.2) is 13.1 Å². The number of benzene rings is 1. The summed E-state index contributed by atoms with van der Waals surface area (Å²) in [6.07, 6.45) is 1.48. The highest BCUT2D eigenvalue weighted by Gasteiger charge is 2.12. The number of nitrogens with one attached hydrogen (secondary N) is 1. The van der Waals surface area contributed by atoms with Gasteiger partial charge in [-0.1, -0.05) is 36.8 Å². The lowest BCUT2D eigenvalue weighted by Gasteiger charge is -2.08. The van der Waals surface area contributed by atoms with Crippen molar-refractivity contribution in [3.05, 3.63) is 35.9 Å². The molecule has 4 N–H and O–H groups in total. The molecule has 0 amide bonds. The SMILES string of the molecule is N[C@@H](CCCCNS(=O)(=O)Cc1ccccc1)C(=O)O. The summed E-state index contributed by atoms with van der Waals surface area (Å²) in [5.41, 5.74) is 6.08. The Morgan fingerprint density at radius 3 is 2.50 bits per heavy atom. The number of aliphatic carboxylic acids is 1. The van der Waals surface area contributed by atoms with Gasteiger partial charge in [0.05, 0.1) is 5.75 Å². The number of sulfonamides is 1. The summed E-state index contributed by atoms with van der Waals surface area (Å²) >= 11 is 0. The number of hydrogen-bond donors (Lipinski definition) is 3. The molecule has 1 atom stereocenters. The van der Waals surface area contributed by atoms with Crippen molar-refractivity contribution >= 4 is 16.0 Å². The van der Waals surface area contributed by atoms with Crippen molar-refractivity contribution in [3.8, 4) is 0 Å². The van der Waals surface area contributed by atoms with Crippen LogP contribution in [0.1, 0.15) is 24.8 Å². The average molecular weight is 300 g/mol. The molecule has 7 heteroatoms. The van der Waals surface area contributed by atoms with E-state index in [1.54, 1.807) is 24.3 Å². The topological polar surface area (TPSA) is 109 Å². The Labute approximate surface area is 119 Å². The first-order valence-corrected chi connectivity index (χ1v) is 8.05. The van der Waals surface area contributed by atoms with E-state index >= 15 is 0 Å². The molecule has 0 heterocycles. The van der Waals surface area contributed by atoms with Crippen LogP contribution in [0.3, 0.4) is 0 Å². The molecule has 6 nitrogen and oxygen atoms in total. The molecular weight excluding hydrogens is 280 g/mol. The fourth-order valence-electron chi connectivity index (χ4n) is 1.69. The second-order valence-electron chi connectivity index (χ2n) is 4.58. The van der Waals surface area contributed by atoms with Crippen molar-refractivity contribution in [1.82, 2.24) is 4.72 Å². The van der Waals surface area contributed by atoms with Crippen molar-refractivity contribution in [2.45, 2.75) is 31.1 Å². The van der Waals surface area contributed by atoms with Gasteiger partial charge in [0.15, 0.2) is 0 Å². The smallest absolute Gasteiger partial charge is 0.320 e. The molecule has 0 spiro atoms. The molecule has 0 aliphatic rings. The molecule has 20 heavy (non-hydrogen) atoms. The molecule has 0 bridgehead atoms. The van der Waals surface area contributed by atoms with Crippen LogP contribution in [-0.4, -0.2) is 32.1 Å². The van der Waals surface area contributed by atoms with E-state index < -0.39 is 22.0 Å². The summed E-state index contributed by atoms with van der Waals surface area (Å²) < 4.78 is 26.0. The van der Waals surface area contributed by atoms with Crippen molar-refractivity contribution in [3.63, 3.8) is 0 Å². The van der Waals surface area contributed by atoms with E-state index in [-0.39, 0.29) is 5.75 Å². The maximum absolute atomic E-state index is 11.8. The molecule has 0 aromatic heterocycles. The highest BCUT2D eigenvalue weighted by Crippen LogP contribution is 2.04. The lowest BCUT2D eigenvalue weighted by atomic mass is 10.1. The molecule has 0 aliphatic heterocycles. The van der Waals surface area contributed by atoms with Gasteiger partial charge in [0.2, 0.25) is 10.0 Å². The third-order valence-corrected chi connectivity index (χ3v) is 4.14. The Morgan fingerprint density at radius 2 is 1.90 bits per heavy atom. The Morgan fingerprint density at radius 1 is 1.25 bits per heavy atom. The second kappa shape index (κ2) is 7.98. The molecule has 0 unspecified atom stereocenters. The zero-order chi connectivity index (χ0) is 15.0. The van der Waals surface area contributed by atoms with E-state index in [9.17, 15) is 13.2 Å². The lowest BCUT2D eigenvalue weighted by Crippen LogP contribution is -2.30. The number of carboxylic acids is 1. The summed E-state index contributed by atoms with van der Waals surface area (Å²) in [7, 11) is -3.35. The molecule has 0 saturated heterocycles. The van der Waals surface area contributed by atoms with E-state index in [2.05, 4.69) is 4.72 Å². The Kier molecular flexibility index (Phi) is 6.63. The molecular formula is C13H20N2O4S. The van der Waals surface area contributed by atoms with Gasteiger partial charge in [-0.3, -0.25) is 4.79 Å². The maximum atomic E-state index is 11.8. The Bertz CT molecular complexity index is 516. The van der Waals surface area contributed by atoms with Crippen molar-refractivity contribution in [1.29, 1.82) is 0 Å². The normalized spacial score (nSPS) is 13.1. The molecule has 112 valence electrons. The Balaban J connectivity index is 2.25. The minimum Gasteiger partial charge on any atom is -0.480 e. The lowest BCUT2D eigenvalue weighted by molar-refractivity contribution is -0.138. The number of rotatable bonds is 9. The molecule has 0 fully saturated rings. The van der Waals surface area contributed by atoms with E-state index in [1.807, 2.05) is 6.07 Å². The van der Waals surface area contributed by atoms with Gasteiger partial charge >= 0.3 is 5.97 Å². The monoisotopic (exact) mass is 300 g/mol. The van der Waals surface area contributed by atoms with Crippen LogP contribution in [0.5, 0.6) is 0 Å². The standard InChI is InChI=1S/C13H20N2O4S/c14-12(13(16)17)8-4-5-9-15-20(18,19)10-11-6-2-1-3-7-11/h1-3,6-7,12,15H,4-5,8-10,14H2,(H,16,17)/t12-/m0/s1. The van der Waals surface area contributed by atoms with E-state index in [0.717, 1.165) is 5.56 Å². The molecule has 1 aromatic carbocycles. The largest absolute Gasteiger partial charge is 0.480 e. The van der Waals surface area contributed by atoms with Crippen molar-refractivity contribution in [2.75, 3.05) is 6.54 Å². The number of carboxylic acid groups (broad SMARTS) is 1. The maximum Gasteiger partial charge on any atom is 0.320 e. The van der Waals surface area contributed by atoms with Gasteiger partial charge in [-0.15, -0.1) is 0 Å². The zero-order valence-electron chi connectivity index (χ0n) is 11.2. The third-order valence-electron chi connectivity index (χ3n) is 2.78. The average Bonchev–Trinajstić information content (AvgIpc) is 2.38. The van der Waals surface area contributed by atoms with Gasteiger partial charge in [0.25, 0.3) is 0 Å². The van der Waals surface area contributed by atoms with Crippen LogP contribution in [0.4, 0.5) is 0 Å². The molecule has 1 rings (SSSR count). The van der Waals surface area contributed by atoms with Crippen LogP contribution in [-0.2, 0) is 20.6 Å². The first kappa shape index (κ1) is 16.6. The van der Waals surface area contributed by atoms with Gasteiger partial charge in [0.1, 0.15) is 6.04 Å². The van der Waals surface area contributed by atoms with E-state index in [0.29, 0.717) is 25.8 Å². The third kappa shape index (κ3) is 6.65. The summed E-state index contributed by atoms with van der Waals surface area (Å²) in [5, 5.41) is 8.60. The predicted octanol–water partition coefficient (Wildman–Crippen LogP) is 0.688. The minimum absolute atomic E-state index is 0.0531. The fourth-order valence-corrected chi connectivity index (χ4v) is 2.87. The van der Waals surface area contributed by atoms with Crippen LogP contribution in [0.25, 0.3) is 0 Å². The summed E-state index contributed by atoms with van der Waals surface area (Å²) in [4.78, 5) is 10.5. The summed E-state index contributed by atoms with van der Waals surface area (Å²) in [5.74, 6) is -1.09. The van der Waals surface area contributed by atoms with Gasteiger partial charge in [-0.2, -0.15) is 0 Å². The molecule has 1 aromatic rings. The van der Waals surface area contributed by atoms with Crippen LogP contribution in [0.2, 0.25) is 0 Å². The first-order valence-electron chi connectivity index (χ1n) is 6.40. The van der Waals surface area contributed by atoms with Crippen LogP contribution in [0.15, 0.2) is 30.3 Å². The predicted molar refractivity (Wildman–Crippen MR) is 76.5 cm³/mol. The second-order valence-corrected chi connectivity index (χ2v) is 6.39. The molecule has 0 aliphatic carbocycles. The summed E-state index contributed by atoms with van der Waals surface area (Å²) in [6.45, 7) is 0.293.